The van der Waals surface area contributed by atoms with Crippen LogP contribution in [0.25, 0.3) is 0 Å². The lowest BCUT2D eigenvalue weighted by molar-refractivity contribution is -0.210. The van der Waals surface area contributed by atoms with Crippen molar-refractivity contribution in [1.29, 1.82) is 0 Å². The molecule has 0 saturated heterocycles. The smallest absolute Gasteiger partial charge is 0.230 e. The predicted octanol–water partition coefficient (Wildman–Crippen LogP) is 3.66. The third kappa shape index (κ3) is 4.18. The molecule has 1 unspecified atom stereocenters. The Balaban J connectivity index is 3.44. The van der Waals surface area contributed by atoms with E-state index >= 15 is 0 Å². The van der Waals surface area contributed by atoms with Gasteiger partial charge >= 0.3 is 0 Å². The minimum Gasteiger partial charge on any atom is -0.393 e. The number of hydrogen-bond donors (Lipinski definition) is 1. The molecule has 1 aromatic carbocycles. The molecule has 0 saturated carbocycles. The molecular formula is C15H23ClO3Si2. The first-order chi connectivity index (χ1) is 9.80. The molecule has 116 valence electrons. The second kappa shape index (κ2) is 7.90. The van der Waals surface area contributed by atoms with Crippen molar-refractivity contribution in [2.45, 2.75) is 52.2 Å². The second-order valence-corrected chi connectivity index (χ2v) is 7.28. The topological polar surface area (TPSA) is 38.7 Å². The van der Waals surface area contributed by atoms with Crippen LogP contribution in [-0.4, -0.2) is 30.7 Å². The van der Waals surface area contributed by atoms with E-state index in [1.54, 1.807) is 6.92 Å². The first-order valence-electron chi connectivity index (χ1n) is 6.93. The molecule has 1 atom stereocenters. The van der Waals surface area contributed by atoms with Crippen molar-refractivity contribution < 1.29 is 14.0 Å². The fraction of sp³-hybridized carbons (Fsp3) is 0.600. The quantitative estimate of drug-likeness (QED) is 0.579. The van der Waals surface area contributed by atoms with Crippen LogP contribution in [0.5, 0.6) is 0 Å². The van der Waals surface area contributed by atoms with E-state index in [4.69, 9.17) is 20.5 Å². The van der Waals surface area contributed by atoms with Crippen molar-refractivity contribution in [3.63, 3.8) is 0 Å². The van der Waals surface area contributed by atoms with E-state index in [1.807, 2.05) is 51.2 Å². The summed E-state index contributed by atoms with van der Waals surface area (Å²) in [6.07, 6.45) is 0.0992. The van der Waals surface area contributed by atoms with Gasteiger partial charge in [0.15, 0.2) is 5.79 Å². The van der Waals surface area contributed by atoms with E-state index < -0.39 is 17.3 Å². The Kier molecular flexibility index (Phi) is 7.10. The zero-order valence-electron chi connectivity index (χ0n) is 13.2. The van der Waals surface area contributed by atoms with Crippen LogP contribution in [0.1, 0.15) is 32.8 Å². The summed E-state index contributed by atoms with van der Waals surface area (Å²) in [4.78, 5) is 0. The largest absolute Gasteiger partial charge is 0.393 e. The predicted molar refractivity (Wildman–Crippen MR) is 88.6 cm³/mol. The molecule has 4 radical (unpaired) electrons. The molecule has 1 N–H and O–H groups in total. The zero-order chi connectivity index (χ0) is 16.1. The summed E-state index contributed by atoms with van der Waals surface area (Å²) in [5, 5.41) is 10.5. The lowest BCUT2D eigenvalue weighted by Gasteiger charge is -2.47. The maximum Gasteiger partial charge on any atom is 0.230 e. The van der Waals surface area contributed by atoms with Gasteiger partial charge in [0.2, 0.25) is 19.5 Å². The molecule has 0 fully saturated rings. The molecule has 0 aliphatic carbocycles. The second-order valence-electron chi connectivity index (χ2n) is 5.65. The number of halogens is 1. The molecule has 3 nitrogen and oxygen atoms in total. The van der Waals surface area contributed by atoms with Crippen LogP contribution in [0.3, 0.4) is 0 Å². The molecule has 0 bridgehead atoms. The minimum atomic E-state index is -0.956. The average molecular weight is 343 g/mol. The molecule has 0 aromatic heterocycles. The normalized spacial score (nSPS) is 14.2. The molecule has 0 spiro atoms. The number of benzene rings is 1. The Labute approximate surface area is 137 Å². The monoisotopic (exact) mass is 342 g/mol. The number of aliphatic hydroxyl groups excluding tert-OH is 1. The van der Waals surface area contributed by atoms with Gasteiger partial charge in [-0.2, -0.15) is 0 Å². The van der Waals surface area contributed by atoms with Crippen LogP contribution in [-0.2, 0) is 14.6 Å². The molecule has 1 rings (SSSR count). The third-order valence-electron chi connectivity index (χ3n) is 3.42. The number of hydrogen-bond acceptors (Lipinski definition) is 3. The van der Waals surface area contributed by atoms with Crippen molar-refractivity contribution in [3.05, 3.63) is 34.9 Å². The fourth-order valence-electron chi connectivity index (χ4n) is 2.66. The molecular weight excluding hydrogens is 320 g/mol. The van der Waals surface area contributed by atoms with E-state index in [0.717, 1.165) is 5.56 Å². The average Bonchev–Trinajstić information content (AvgIpc) is 2.37. The summed E-state index contributed by atoms with van der Waals surface area (Å²) in [7, 11) is 0.500. The molecule has 1 aromatic rings. The van der Waals surface area contributed by atoms with Gasteiger partial charge in [-0.3, -0.25) is 0 Å². The first-order valence-corrected chi connectivity index (χ1v) is 10.1. The fourth-order valence-corrected chi connectivity index (χ4v) is 4.43. The van der Waals surface area contributed by atoms with Crippen LogP contribution < -0.4 is 0 Å². The highest BCUT2D eigenvalue weighted by atomic mass is 35.5. The summed E-state index contributed by atoms with van der Waals surface area (Å²) in [6.45, 7) is 9.80. The molecule has 21 heavy (non-hydrogen) atoms. The minimum absolute atomic E-state index is 0.250. The van der Waals surface area contributed by atoms with E-state index in [0.29, 0.717) is 11.4 Å². The Bertz CT molecular complexity index is 446. The van der Waals surface area contributed by atoms with Gasteiger partial charge in [-0.05, 0) is 32.5 Å². The van der Waals surface area contributed by atoms with E-state index in [9.17, 15) is 5.11 Å². The molecule has 0 aliphatic rings. The van der Waals surface area contributed by atoms with Crippen LogP contribution in [0.15, 0.2) is 24.3 Å². The van der Waals surface area contributed by atoms with E-state index in [-0.39, 0.29) is 19.5 Å². The van der Waals surface area contributed by atoms with Crippen LogP contribution in [0.2, 0.25) is 18.1 Å². The van der Waals surface area contributed by atoms with Crippen molar-refractivity contribution >= 4 is 31.1 Å². The summed E-state index contributed by atoms with van der Waals surface area (Å²) in [5.74, 6) is -0.956. The van der Waals surface area contributed by atoms with Crippen LogP contribution in [0.4, 0.5) is 0 Å². The Morgan fingerprint density at radius 1 is 1.19 bits per heavy atom. The van der Waals surface area contributed by atoms with Gasteiger partial charge in [-0.15, -0.1) is 0 Å². The van der Waals surface area contributed by atoms with Crippen molar-refractivity contribution in [2.24, 2.45) is 5.41 Å². The number of rotatable bonds is 8. The van der Waals surface area contributed by atoms with Gasteiger partial charge in [-0.1, -0.05) is 43.6 Å². The summed E-state index contributed by atoms with van der Waals surface area (Å²) < 4.78 is 12.2. The van der Waals surface area contributed by atoms with Gasteiger partial charge in [0.05, 0.1) is 6.10 Å². The van der Waals surface area contributed by atoms with Crippen molar-refractivity contribution in [3.8, 4) is 0 Å². The van der Waals surface area contributed by atoms with Gasteiger partial charge < -0.3 is 14.0 Å². The maximum atomic E-state index is 9.86. The van der Waals surface area contributed by atoms with Gasteiger partial charge in [0, 0.05) is 16.0 Å². The number of aliphatic hydroxyl groups is 1. The van der Waals surface area contributed by atoms with Crippen LogP contribution >= 0.6 is 11.6 Å². The highest BCUT2D eigenvalue weighted by Crippen LogP contribution is 2.48. The maximum absolute atomic E-state index is 9.86. The SMILES string of the molecule is C[Si]OC(O[Si]C)(c1ccccc1Cl)C(C)(C)CC(C)O. The Morgan fingerprint density at radius 2 is 1.71 bits per heavy atom. The van der Waals surface area contributed by atoms with Gasteiger partial charge in [0.1, 0.15) is 0 Å². The van der Waals surface area contributed by atoms with Gasteiger partial charge in [-0.25, -0.2) is 0 Å². The standard InChI is InChI=1S/C15H23ClO3Si2/c1-11(17)10-14(2,3)15(18-20-4,19-21-5)12-8-6-7-9-13(12)16/h6-9,11,17H,10H2,1-5H3. The van der Waals surface area contributed by atoms with Crippen molar-refractivity contribution in [2.75, 3.05) is 0 Å². The third-order valence-corrected chi connectivity index (χ3v) is 4.73. The first kappa shape index (κ1) is 18.9. The van der Waals surface area contributed by atoms with Crippen molar-refractivity contribution in [1.82, 2.24) is 0 Å². The lowest BCUT2D eigenvalue weighted by atomic mass is 9.75. The zero-order valence-corrected chi connectivity index (χ0v) is 16.0. The highest BCUT2D eigenvalue weighted by molar-refractivity contribution is 6.31. The van der Waals surface area contributed by atoms with E-state index in [1.165, 1.54) is 0 Å². The van der Waals surface area contributed by atoms with Gasteiger partial charge in [0.25, 0.3) is 0 Å². The Morgan fingerprint density at radius 3 is 2.14 bits per heavy atom. The molecule has 0 aliphatic heterocycles. The summed E-state index contributed by atoms with van der Waals surface area (Å²) >= 11 is 6.41. The highest BCUT2D eigenvalue weighted by Gasteiger charge is 2.49. The van der Waals surface area contributed by atoms with Crippen LogP contribution in [0, 0.1) is 5.41 Å². The molecule has 0 amide bonds. The summed E-state index contributed by atoms with van der Waals surface area (Å²) in [6, 6.07) is 7.60. The Hall–Kier alpha value is -0.176. The van der Waals surface area contributed by atoms with E-state index in [2.05, 4.69) is 0 Å². The summed E-state index contributed by atoms with van der Waals surface area (Å²) in [5.41, 5.74) is 0.388. The molecule has 6 heteroatoms. The lowest BCUT2D eigenvalue weighted by Crippen LogP contribution is -2.49. The molecule has 0 heterocycles.